The second-order valence-corrected chi connectivity index (χ2v) is 8.17. The van der Waals surface area contributed by atoms with E-state index in [1.807, 2.05) is 48.5 Å². The Balaban J connectivity index is 0.00000139. The maximum Gasteiger partial charge on any atom is 0.344 e. The number of carbonyl (C=O) groups excluding carboxylic acids is 2. The summed E-state index contributed by atoms with van der Waals surface area (Å²) in [4.78, 5) is 23.9. The Hall–Kier alpha value is -1.06. The maximum atomic E-state index is 12.0. The molecule has 4 nitrogen and oxygen atoms in total. The molecule has 2 bridgehead atoms. The van der Waals surface area contributed by atoms with Gasteiger partial charge in [-0.3, -0.25) is 4.79 Å². The van der Waals surface area contributed by atoms with Crippen molar-refractivity contribution in [2.75, 3.05) is 6.61 Å². The molecule has 4 heteroatoms. The SMILES string of the molecule is CC.CCC(C)(C)C(=O)OCC(=O)OC(C)(C)C1CC2CCC1C2. The van der Waals surface area contributed by atoms with Gasteiger partial charge < -0.3 is 9.47 Å². The minimum absolute atomic E-state index is 0.285. The lowest BCUT2D eigenvalue weighted by molar-refractivity contribution is -0.176. The number of ether oxygens (including phenoxy) is 2. The summed E-state index contributed by atoms with van der Waals surface area (Å²) in [6.45, 7) is 13.3. The van der Waals surface area contributed by atoms with Gasteiger partial charge in [0, 0.05) is 5.92 Å². The van der Waals surface area contributed by atoms with E-state index in [1.165, 1.54) is 19.3 Å². The monoisotopic (exact) mass is 340 g/mol. The average Bonchev–Trinajstić information content (AvgIpc) is 3.17. The van der Waals surface area contributed by atoms with Gasteiger partial charge in [0.05, 0.1) is 5.41 Å². The summed E-state index contributed by atoms with van der Waals surface area (Å²) >= 11 is 0. The lowest BCUT2D eigenvalue weighted by Crippen LogP contribution is -2.41. The van der Waals surface area contributed by atoms with Gasteiger partial charge in [-0.25, -0.2) is 4.79 Å². The van der Waals surface area contributed by atoms with Crippen molar-refractivity contribution in [3.8, 4) is 0 Å². The number of hydrogen-bond donors (Lipinski definition) is 0. The van der Waals surface area contributed by atoms with Crippen LogP contribution in [0.2, 0.25) is 0 Å². The molecule has 0 radical (unpaired) electrons. The Morgan fingerprint density at radius 3 is 2.12 bits per heavy atom. The van der Waals surface area contributed by atoms with E-state index in [4.69, 9.17) is 9.47 Å². The minimum atomic E-state index is -0.555. The van der Waals surface area contributed by atoms with Crippen molar-refractivity contribution in [1.29, 1.82) is 0 Å². The number of fused-ring (bicyclic) bond motifs is 2. The molecule has 0 aromatic heterocycles. The van der Waals surface area contributed by atoms with Crippen LogP contribution in [0.4, 0.5) is 0 Å². The van der Waals surface area contributed by atoms with Crippen LogP contribution in [-0.2, 0) is 19.1 Å². The van der Waals surface area contributed by atoms with Crippen LogP contribution in [0.3, 0.4) is 0 Å². The molecule has 24 heavy (non-hydrogen) atoms. The van der Waals surface area contributed by atoms with Crippen molar-refractivity contribution in [3.63, 3.8) is 0 Å². The molecule has 0 N–H and O–H groups in total. The van der Waals surface area contributed by atoms with Gasteiger partial charge in [-0.15, -0.1) is 0 Å². The Morgan fingerprint density at radius 2 is 1.67 bits per heavy atom. The van der Waals surface area contributed by atoms with E-state index < -0.39 is 17.0 Å². The van der Waals surface area contributed by atoms with Gasteiger partial charge in [0.2, 0.25) is 0 Å². The van der Waals surface area contributed by atoms with Crippen LogP contribution >= 0.6 is 0 Å². The zero-order valence-corrected chi connectivity index (χ0v) is 16.6. The first-order valence-corrected chi connectivity index (χ1v) is 9.55. The van der Waals surface area contributed by atoms with E-state index in [0.29, 0.717) is 18.3 Å². The number of rotatable bonds is 6. The first kappa shape index (κ1) is 21.0. The zero-order chi connectivity index (χ0) is 18.5. The smallest absolute Gasteiger partial charge is 0.344 e. The molecule has 3 atom stereocenters. The van der Waals surface area contributed by atoms with E-state index in [1.54, 1.807) is 0 Å². The van der Waals surface area contributed by atoms with Gasteiger partial charge in [0.25, 0.3) is 0 Å². The van der Waals surface area contributed by atoms with Gasteiger partial charge in [-0.05, 0) is 65.2 Å². The summed E-state index contributed by atoms with van der Waals surface area (Å²) in [5.41, 5.74) is -1.02. The van der Waals surface area contributed by atoms with Crippen LogP contribution in [0.1, 0.15) is 80.6 Å². The maximum absolute atomic E-state index is 12.0. The number of esters is 2. The molecule has 3 unspecified atom stereocenters. The first-order chi connectivity index (χ1) is 11.2. The predicted octanol–water partition coefficient (Wildman–Crippen LogP) is 4.75. The highest BCUT2D eigenvalue weighted by Gasteiger charge is 2.48. The summed E-state index contributed by atoms with van der Waals surface area (Å²) < 4.78 is 10.8. The molecule has 2 rings (SSSR count). The molecule has 2 aliphatic rings. The van der Waals surface area contributed by atoms with Crippen molar-refractivity contribution < 1.29 is 19.1 Å². The van der Waals surface area contributed by atoms with E-state index in [2.05, 4.69) is 0 Å². The lowest BCUT2D eigenvalue weighted by atomic mass is 9.78. The summed E-state index contributed by atoms with van der Waals surface area (Å²) in [7, 11) is 0. The summed E-state index contributed by atoms with van der Waals surface area (Å²) in [5, 5.41) is 0. The normalized spacial score (nSPS) is 25.7. The van der Waals surface area contributed by atoms with Crippen LogP contribution in [0.5, 0.6) is 0 Å². The standard InChI is InChI=1S/C18H30O4.C2H6/c1-6-17(2,3)16(20)21-11-15(19)22-18(4,5)14-10-12-7-8-13(14)9-12;1-2/h12-14H,6-11H2,1-5H3;1-2H3. The lowest BCUT2D eigenvalue weighted by Gasteiger charge is -2.36. The molecule has 2 aliphatic carbocycles. The van der Waals surface area contributed by atoms with Gasteiger partial charge >= 0.3 is 11.9 Å². The fourth-order valence-corrected chi connectivity index (χ4v) is 3.96. The molecule has 0 saturated heterocycles. The van der Waals surface area contributed by atoms with Crippen molar-refractivity contribution in [2.24, 2.45) is 23.2 Å². The van der Waals surface area contributed by atoms with E-state index in [0.717, 1.165) is 12.3 Å². The van der Waals surface area contributed by atoms with Crippen molar-refractivity contribution in [2.45, 2.75) is 86.2 Å². The van der Waals surface area contributed by atoms with Crippen LogP contribution in [0, 0.1) is 23.2 Å². The van der Waals surface area contributed by atoms with E-state index >= 15 is 0 Å². The van der Waals surface area contributed by atoms with Crippen LogP contribution in [-0.4, -0.2) is 24.1 Å². The Bertz CT molecular complexity index is 439. The fraction of sp³-hybridized carbons (Fsp3) is 0.900. The highest BCUT2D eigenvalue weighted by atomic mass is 16.6. The Labute approximate surface area is 147 Å². The van der Waals surface area contributed by atoms with Crippen molar-refractivity contribution in [3.05, 3.63) is 0 Å². The summed E-state index contributed by atoms with van der Waals surface area (Å²) in [5.74, 6) is 1.17. The quantitative estimate of drug-likeness (QED) is 0.655. The highest BCUT2D eigenvalue weighted by molar-refractivity contribution is 5.79. The van der Waals surface area contributed by atoms with Crippen LogP contribution < -0.4 is 0 Å². The molecule has 0 aliphatic heterocycles. The number of carbonyl (C=O) groups is 2. The molecule has 0 aromatic rings. The van der Waals surface area contributed by atoms with Gasteiger partial charge in [0.1, 0.15) is 5.60 Å². The van der Waals surface area contributed by atoms with Crippen molar-refractivity contribution >= 4 is 11.9 Å². The molecular formula is C20H36O4. The number of hydrogen-bond acceptors (Lipinski definition) is 4. The zero-order valence-electron chi connectivity index (χ0n) is 16.6. The second-order valence-electron chi connectivity index (χ2n) is 8.17. The highest BCUT2D eigenvalue weighted by Crippen LogP contribution is 2.52. The largest absolute Gasteiger partial charge is 0.457 e. The van der Waals surface area contributed by atoms with Crippen LogP contribution in [0.25, 0.3) is 0 Å². The fourth-order valence-electron chi connectivity index (χ4n) is 3.96. The van der Waals surface area contributed by atoms with E-state index in [-0.39, 0.29) is 12.6 Å². The topological polar surface area (TPSA) is 52.6 Å². The average molecular weight is 341 g/mol. The molecule has 140 valence electrons. The molecular weight excluding hydrogens is 304 g/mol. The van der Waals surface area contributed by atoms with Gasteiger partial charge in [-0.2, -0.15) is 0 Å². The third-order valence-electron chi connectivity index (χ3n) is 5.77. The molecule has 2 saturated carbocycles. The third-order valence-corrected chi connectivity index (χ3v) is 5.77. The summed E-state index contributed by atoms with van der Waals surface area (Å²) in [6.07, 6.45) is 5.71. The predicted molar refractivity (Wildman–Crippen MR) is 95.5 cm³/mol. The molecule has 2 fully saturated rings. The summed E-state index contributed by atoms with van der Waals surface area (Å²) in [6, 6.07) is 0. The molecule has 0 spiro atoms. The molecule has 0 aromatic carbocycles. The molecule has 0 heterocycles. The Kier molecular flexibility index (Phi) is 7.30. The van der Waals surface area contributed by atoms with Gasteiger partial charge in [-0.1, -0.05) is 27.2 Å². The minimum Gasteiger partial charge on any atom is -0.457 e. The third kappa shape index (κ3) is 4.97. The Morgan fingerprint density at radius 1 is 1.04 bits per heavy atom. The van der Waals surface area contributed by atoms with Gasteiger partial charge in [0.15, 0.2) is 6.61 Å². The first-order valence-electron chi connectivity index (χ1n) is 9.55. The van der Waals surface area contributed by atoms with Crippen molar-refractivity contribution in [1.82, 2.24) is 0 Å². The second kappa shape index (κ2) is 8.35. The molecule has 0 amide bonds. The van der Waals surface area contributed by atoms with E-state index in [9.17, 15) is 9.59 Å². The van der Waals surface area contributed by atoms with Crippen LogP contribution in [0.15, 0.2) is 0 Å².